The Labute approximate surface area is 171 Å². The van der Waals surface area contributed by atoms with Crippen molar-refractivity contribution in [3.63, 3.8) is 0 Å². The summed E-state index contributed by atoms with van der Waals surface area (Å²) in [6, 6.07) is 11.2. The van der Waals surface area contributed by atoms with Gasteiger partial charge in [-0.2, -0.15) is 13.2 Å². The Balaban J connectivity index is 1.76. The van der Waals surface area contributed by atoms with Crippen LogP contribution in [0, 0.1) is 0 Å². The van der Waals surface area contributed by atoms with Crippen molar-refractivity contribution in [1.82, 2.24) is 10.2 Å². The summed E-state index contributed by atoms with van der Waals surface area (Å²) in [5.41, 5.74) is -0.00930. The fourth-order valence-electron chi connectivity index (χ4n) is 2.14. The van der Waals surface area contributed by atoms with Crippen molar-refractivity contribution in [2.45, 2.75) is 6.18 Å². The van der Waals surface area contributed by atoms with Crippen molar-refractivity contribution >= 4 is 57.2 Å². The zero-order valence-electron chi connectivity index (χ0n) is 13.8. The lowest BCUT2D eigenvalue weighted by atomic mass is 10.1. The van der Waals surface area contributed by atoms with E-state index in [0.717, 1.165) is 23.5 Å². The number of hydrogen-bond acceptors (Lipinski definition) is 4. The Morgan fingerprint density at radius 2 is 1.75 bits per heavy atom. The van der Waals surface area contributed by atoms with Crippen molar-refractivity contribution < 1.29 is 18.0 Å². The number of hydrogen-bond donors (Lipinski definition) is 1. The van der Waals surface area contributed by atoms with E-state index in [9.17, 15) is 18.0 Å². The maximum absolute atomic E-state index is 12.8. The fourth-order valence-corrected chi connectivity index (χ4v) is 3.19. The van der Waals surface area contributed by atoms with E-state index in [1.807, 2.05) is 0 Å². The van der Waals surface area contributed by atoms with E-state index in [0.29, 0.717) is 10.7 Å². The number of carbonyl (C=O) groups is 1. The molecule has 3 aromatic rings. The van der Waals surface area contributed by atoms with Crippen LogP contribution in [0.2, 0.25) is 5.02 Å². The Hall–Kier alpha value is -2.42. The van der Waals surface area contributed by atoms with Crippen molar-refractivity contribution in [3.8, 4) is 0 Å². The summed E-state index contributed by atoms with van der Waals surface area (Å²) in [4.78, 5) is 12.2. The zero-order chi connectivity index (χ0) is 20.3. The van der Waals surface area contributed by atoms with Gasteiger partial charge in [-0.05, 0) is 48.0 Å². The molecular formula is C18H10Cl2F3N3OS. The van der Waals surface area contributed by atoms with Gasteiger partial charge in [-0.3, -0.25) is 4.79 Å². The normalized spacial score (nSPS) is 12.1. The predicted octanol–water partition coefficient (Wildman–Crippen LogP) is 6.20. The number of benzene rings is 2. The first-order valence-electron chi connectivity index (χ1n) is 7.67. The number of nitrogens with zero attached hydrogens (tertiary/aromatic N) is 2. The molecule has 0 fully saturated rings. The lowest BCUT2D eigenvalue weighted by Crippen LogP contribution is -2.11. The van der Waals surface area contributed by atoms with Crippen LogP contribution in [0.25, 0.3) is 11.1 Å². The van der Waals surface area contributed by atoms with E-state index >= 15 is 0 Å². The van der Waals surface area contributed by atoms with E-state index in [1.54, 1.807) is 24.3 Å². The minimum absolute atomic E-state index is 0.0561. The first kappa shape index (κ1) is 20.3. The summed E-state index contributed by atoms with van der Waals surface area (Å²) >= 11 is 12.9. The van der Waals surface area contributed by atoms with Gasteiger partial charge in [0.25, 0.3) is 5.91 Å². The summed E-state index contributed by atoms with van der Waals surface area (Å²) in [6.07, 6.45) is -3.12. The molecule has 0 radical (unpaired) electrons. The molecule has 144 valence electrons. The van der Waals surface area contributed by atoms with Gasteiger partial charge in [-0.25, -0.2) is 0 Å². The van der Waals surface area contributed by atoms with Gasteiger partial charge in [0, 0.05) is 10.7 Å². The van der Waals surface area contributed by atoms with Crippen molar-refractivity contribution in [1.29, 1.82) is 0 Å². The van der Waals surface area contributed by atoms with Crippen LogP contribution in [0.5, 0.6) is 0 Å². The third-order valence-corrected chi connectivity index (χ3v) is 5.04. The van der Waals surface area contributed by atoms with Crippen molar-refractivity contribution in [3.05, 3.63) is 74.7 Å². The number of alkyl halides is 3. The topological polar surface area (TPSA) is 54.9 Å². The highest BCUT2D eigenvalue weighted by Crippen LogP contribution is 2.31. The molecule has 28 heavy (non-hydrogen) atoms. The molecule has 0 aliphatic rings. The molecule has 0 saturated heterocycles. The number of anilines is 1. The maximum Gasteiger partial charge on any atom is 0.416 e. The van der Waals surface area contributed by atoms with Crippen LogP contribution in [0.1, 0.15) is 25.9 Å². The molecule has 3 rings (SSSR count). The van der Waals surface area contributed by atoms with Gasteiger partial charge in [-0.15, -0.1) is 10.2 Å². The highest BCUT2D eigenvalue weighted by Gasteiger charge is 2.30. The molecule has 4 nitrogen and oxygen atoms in total. The van der Waals surface area contributed by atoms with Crippen LogP contribution >= 0.6 is 34.5 Å². The average Bonchev–Trinajstić information content (AvgIpc) is 3.14. The van der Waals surface area contributed by atoms with Crippen molar-refractivity contribution in [2.24, 2.45) is 0 Å². The summed E-state index contributed by atoms with van der Waals surface area (Å²) in [7, 11) is 0. The smallest absolute Gasteiger partial charge is 0.320 e. The zero-order valence-corrected chi connectivity index (χ0v) is 16.1. The SMILES string of the molecule is O=C(Nc1ccc(Cl)cc1)c1nnc(/C(Cl)=C/c2cccc(C(F)(F)F)c2)s1. The molecular weight excluding hydrogens is 434 g/mol. The van der Waals surface area contributed by atoms with E-state index in [4.69, 9.17) is 23.2 Å². The lowest BCUT2D eigenvalue weighted by Gasteiger charge is -2.06. The maximum atomic E-state index is 12.8. The molecule has 0 aliphatic heterocycles. The molecule has 0 unspecified atom stereocenters. The summed E-state index contributed by atoms with van der Waals surface area (Å²) in [6.45, 7) is 0. The highest BCUT2D eigenvalue weighted by atomic mass is 35.5. The molecule has 2 aromatic carbocycles. The second kappa shape index (κ2) is 8.30. The Bertz CT molecular complexity index is 1030. The highest BCUT2D eigenvalue weighted by molar-refractivity contribution is 7.15. The molecule has 10 heteroatoms. The van der Waals surface area contributed by atoms with E-state index in [1.165, 1.54) is 18.2 Å². The van der Waals surface area contributed by atoms with E-state index < -0.39 is 17.6 Å². The third-order valence-electron chi connectivity index (χ3n) is 3.43. The third kappa shape index (κ3) is 5.09. The molecule has 0 spiro atoms. The monoisotopic (exact) mass is 443 g/mol. The van der Waals surface area contributed by atoms with Crippen LogP contribution < -0.4 is 5.32 Å². The second-order valence-corrected chi connectivity index (χ2v) is 7.31. The number of amides is 1. The van der Waals surface area contributed by atoms with Gasteiger partial charge in [-0.1, -0.05) is 46.7 Å². The van der Waals surface area contributed by atoms with Gasteiger partial charge in [0.1, 0.15) is 0 Å². The van der Waals surface area contributed by atoms with E-state index in [2.05, 4.69) is 15.5 Å². The number of nitrogens with one attached hydrogen (secondary N) is 1. The second-order valence-electron chi connectivity index (χ2n) is 5.49. The molecule has 0 saturated carbocycles. The first-order chi connectivity index (χ1) is 13.2. The summed E-state index contributed by atoms with van der Waals surface area (Å²) in [5.74, 6) is -0.491. The fraction of sp³-hybridized carbons (Fsp3) is 0.0556. The minimum Gasteiger partial charge on any atom is -0.320 e. The van der Waals surface area contributed by atoms with Gasteiger partial charge in [0.05, 0.1) is 10.6 Å². The van der Waals surface area contributed by atoms with Crippen molar-refractivity contribution in [2.75, 3.05) is 5.32 Å². The Morgan fingerprint density at radius 1 is 1.07 bits per heavy atom. The summed E-state index contributed by atoms with van der Waals surface area (Å²) in [5, 5.41) is 11.1. The van der Waals surface area contributed by atoms with Crippen LogP contribution in [-0.2, 0) is 6.18 Å². The largest absolute Gasteiger partial charge is 0.416 e. The summed E-state index contributed by atoms with van der Waals surface area (Å²) < 4.78 is 38.4. The molecule has 1 N–H and O–H groups in total. The van der Waals surface area contributed by atoms with Gasteiger partial charge >= 0.3 is 6.18 Å². The molecule has 0 atom stereocenters. The Morgan fingerprint density at radius 3 is 2.43 bits per heavy atom. The van der Waals surface area contributed by atoms with Crippen LogP contribution in [0.15, 0.2) is 48.5 Å². The minimum atomic E-state index is -4.45. The quantitative estimate of drug-likeness (QED) is 0.522. The number of carbonyl (C=O) groups excluding carboxylic acids is 1. The standard InChI is InChI=1S/C18H10Cl2F3N3OS/c19-12-4-6-13(7-5-12)24-15(27)17-26-25-16(28-17)14(20)9-10-2-1-3-11(8-10)18(21,22)23/h1-9H,(H,24,27)/b14-9-. The first-order valence-corrected chi connectivity index (χ1v) is 9.25. The molecule has 1 heterocycles. The molecule has 1 amide bonds. The van der Waals surface area contributed by atoms with Crippen LogP contribution in [-0.4, -0.2) is 16.1 Å². The number of aromatic nitrogens is 2. The average molecular weight is 444 g/mol. The van der Waals surface area contributed by atoms with Gasteiger partial charge in [0.2, 0.25) is 5.01 Å². The number of halogens is 5. The van der Waals surface area contributed by atoms with Crippen LogP contribution in [0.3, 0.4) is 0 Å². The number of rotatable bonds is 4. The Kier molecular flexibility index (Phi) is 6.02. The molecule has 0 bridgehead atoms. The lowest BCUT2D eigenvalue weighted by molar-refractivity contribution is -0.137. The van der Waals surface area contributed by atoms with Gasteiger partial charge < -0.3 is 5.32 Å². The van der Waals surface area contributed by atoms with Crippen LogP contribution in [0.4, 0.5) is 18.9 Å². The molecule has 0 aliphatic carbocycles. The van der Waals surface area contributed by atoms with Gasteiger partial charge in [0.15, 0.2) is 5.01 Å². The van der Waals surface area contributed by atoms with E-state index in [-0.39, 0.29) is 20.6 Å². The predicted molar refractivity (Wildman–Crippen MR) is 104 cm³/mol. The molecule has 1 aromatic heterocycles.